The van der Waals surface area contributed by atoms with E-state index in [1.807, 2.05) is 6.92 Å². The highest BCUT2D eigenvalue weighted by Gasteiger charge is 2.25. The van der Waals surface area contributed by atoms with Crippen molar-refractivity contribution in [2.75, 3.05) is 0 Å². The first-order chi connectivity index (χ1) is 12.6. The van der Waals surface area contributed by atoms with E-state index >= 15 is 0 Å². The number of Topliss-reactive ketones (excluding diaryl/α,β-unsaturated/α-hetero) is 1. The fraction of sp³-hybridized carbons (Fsp3) is 0.684. The molecule has 1 aromatic heterocycles. The maximum Gasteiger partial charge on any atom is 0.255 e. The van der Waals surface area contributed by atoms with Crippen LogP contribution in [0.5, 0.6) is 0 Å². The Hall–Kier alpha value is -2.18. The van der Waals surface area contributed by atoms with Crippen LogP contribution in [0.1, 0.15) is 81.5 Å². The molecule has 2 amide bonds. The van der Waals surface area contributed by atoms with Gasteiger partial charge in [0.25, 0.3) is 5.91 Å². The summed E-state index contributed by atoms with van der Waals surface area (Å²) in [6.07, 6.45) is 11.5. The first-order valence-electron chi connectivity index (χ1n) is 9.72. The molecule has 0 aliphatic heterocycles. The van der Waals surface area contributed by atoms with Gasteiger partial charge in [-0.05, 0) is 25.7 Å². The molecular weight excluding hydrogens is 332 g/mol. The van der Waals surface area contributed by atoms with Crippen molar-refractivity contribution in [3.8, 4) is 0 Å². The van der Waals surface area contributed by atoms with Crippen molar-refractivity contribution in [1.29, 1.82) is 0 Å². The minimum absolute atomic E-state index is 0.113. The van der Waals surface area contributed by atoms with Crippen LogP contribution >= 0.6 is 0 Å². The van der Waals surface area contributed by atoms with Gasteiger partial charge in [0.1, 0.15) is 11.8 Å². The molecule has 0 bridgehead atoms. The smallest absolute Gasteiger partial charge is 0.255 e. The molecule has 7 heteroatoms. The van der Waals surface area contributed by atoms with Crippen LogP contribution in [0.2, 0.25) is 0 Å². The van der Waals surface area contributed by atoms with E-state index in [0.29, 0.717) is 24.8 Å². The Morgan fingerprint density at radius 1 is 1.23 bits per heavy atom. The monoisotopic (exact) mass is 362 g/mol. The number of nitrogens with one attached hydrogen (secondary N) is 3. The van der Waals surface area contributed by atoms with Crippen molar-refractivity contribution in [1.82, 2.24) is 20.8 Å². The maximum absolute atomic E-state index is 12.6. The van der Waals surface area contributed by atoms with Crippen LogP contribution in [-0.2, 0) is 9.59 Å². The van der Waals surface area contributed by atoms with Gasteiger partial charge in [-0.25, -0.2) is 0 Å². The van der Waals surface area contributed by atoms with Gasteiger partial charge in [-0.15, -0.1) is 0 Å². The van der Waals surface area contributed by atoms with E-state index in [0.717, 1.165) is 44.9 Å². The second kappa shape index (κ2) is 10.7. The number of carbonyl (C=O) groups is 3. The quantitative estimate of drug-likeness (QED) is 0.526. The number of aromatic nitrogens is 2. The lowest BCUT2D eigenvalue weighted by molar-refractivity contribution is -0.124. The Morgan fingerprint density at radius 2 is 2.00 bits per heavy atom. The van der Waals surface area contributed by atoms with Crippen LogP contribution in [0.4, 0.5) is 0 Å². The van der Waals surface area contributed by atoms with Gasteiger partial charge in [-0.1, -0.05) is 32.6 Å². The topological polar surface area (TPSA) is 104 Å². The Balaban J connectivity index is 1.84. The number of amides is 2. The van der Waals surface area contributed by atoms with Crippen LogP contribution < -0.4 is 10.6 Å². The molecule has 1 aromatic rings. The minimum atomic E-state index is -0.556. The molecule has 26 heavy (non-hydrogen) atoms. The summed E-state index contributed by atoms with van der Waals surface area (Å²) in [6, 6.07) is -0.335. The number of carbonyl (C=O) groups excluding carboxylic acids is 3. The van der Waals surface area contributed by atoms with Gasteiger partial charge in [0, 0.05) is 25.1 Å². The zero-order valence-corrected chi connectivity index (χ0v) is 15.6. The molecule has 0 aromatic carbocycles. The number of H-pyrrole nitrogens is 1. The van der Waals surface area contributed by atoms with Crippen molar-refractivity contribution in [2.24, 2.45) is 0 Å². The molecule has 0 spiro atoms. The summed E-state index contributed by atoms with van der Waals surface area (Å²) in [5.41, 5.74) is 0.414. The Labute approximate surface area is 154 Å². The molecule has 0 saturated heterocycles. The van der Waals surface area contributed by atoms with E-state index in [1.54, 1.807) is 0 Å². The lowest BCUT2D eigenvalue weighted by Gasteiger charge is -2.21. The zero-order valence-electron chi connectivity index (χ0n) is 15.6. The number of aromatic amines is 1. The van der Waals surface area contributed by atoms with Crippen LogP contribution in [0.3, 0.4) is 0 Å². The fourth-order valence-corrected chi connectivity index (χ4v) is 3.28. The summed E-state index contributed by atoms with van der Waals surface area (Å²) in [5.74, 6) is -0.140. The van der Waals surface area contributed by atoms with Crippen LogP contribution in [0.15, 0.2) is 12.4 Å². The lowest BCUT2D eigenvalue weighted by Crippen LogP contribution is -2.49. The van der Waals surface area contributed by atoms with E-state index in [2.05, 4.69) is 20.8 Å². The molecule has 2 rings (SSSR count). The van der Waals surface area contributed by atoms with Gasteiger partial charge in [0.15, 0.2) is 0 Å². The normalized spacial score (nSPS) is 15.6. The van der Waals surface area contributed by atoms with Crippen molar-refractivity contribution in [2.45, 2.75) is 83.2 Å². The van der Waals surface area contributed by atoms with Gasteiger partial charge < -0.3 is 10.6 Å². The average Bonchev–Trinajstić information content (AvgIpc) is 3.33. The highest BCUT2D eigenvalue weighted by Crippen LogP contribution is 2.18. The summed E-state index contributed by atoms with van der Waals surface area (Å²) in [7, 11) is 0. The molecule has 1 unspecified atom stereocenters. The Morgan fingerprint density at radius 3 is 2.65 bits per heavy atom. The third kappa shape index (κ3) is 6.61. The van der Waals surface area contributed by atoms with E-state index in [-0.39, 0.29) is 23.6 Å². The van der Waals surface area contributed by atoms with Crippen LogP contribution in [0, 0.1) is 0 Å². The summed E-state index contributed by atoms with van der Waals surface area (Å²) >= 11 is 0. The van der Waals surface area contributed by atoms with Crippen molar-refractivity contribution >= 4 is 17.6 Å². The molecule has 1 heterocycles. The van der Waals surface area contributed by atoms with E-state index in [9.17, 15) is 14.4 Å². The second-order valence-corrected chi connectivity index (χ2v) is 6.99. The number of rotatable bonds is 11. The molecule has 7 nitrogen and oxygen atoms in total. The Bertz CT molecular complexity index is 580. The number of hydrogen-bond acceptors (Lipinski definition) is 4. The van der Waals surface area contributed by atoms with E-state index < -0.39 is 6.04 Å². The predicted molar refractivity (Wildman–Crippen MR) is 98.6 cm³/mol. The van der Waals surface area contributed by atoms with Gasteiger partial charge in [0.05, 0.1) is 11.8 Å². The van der Waals surface area contributed by atoms with Gasteiger partial charge in [-0.3, -0.25) is 19.5 Å². The molecule has 144 valence electrons. The number of unbranched alkanes of at least 4 members (excludes halogenated alkanes) is 2. The highest BCUT2D eigenvalue weighted by atomic mass is 16.2. The first-order valence-corrected chi connectivity index (χ1v) is 9.72. The average molecular weight is 362 g/mol. The van der Waals surface area contributed by atoms with Crippen molar-refractivity contribution < 1.29 is 14.4 Å². The predicted octanol–water partition coefficient (Wildman–Crippen LogP) is 2.50. The molecule has 3 N–H and O–H groups in total. The van der Waals surface area contributed by atoms with Crippen molar-refractivity contribution in [3.05, 3.63) is 18.0 Å². The maximum atomic E-state index is 12.6. The van der Waals surface area contributed by atoms with Gasteiger partial charge in [0.2, 0.25) is 5.91 Å². The number of nitrogens with zero attached hydrogens (tertiary/aromatic N) is 1. The first kappa shape index (κ1) is 20.1. The SMILES string of the molecule is CCC(=O)CCCCCC(NC(=O)c1cn[nH]c1)C(=O)NC1CCCC1. The van der Waals surface area contributed by atoms with Crippen LogP contribution in [0.25, 0.3) is 0 Å². The third-order valence-corrected chi connectivity index (χ3v) is 4.93. The third-order valence-electron chi connectivity index (χ3n) is 4.93. The van der Waals surface area contributed by atoms with Crippen LogP contribution in [-0.4, -0.2) is 39.9 Å². The lowest BCUT2D eigenvalue weighted by atomic mass is 10.0. The van der Waals surface area contributed by atoms with E-state index in [4.69, 9.17) is 0 Å². The summed E-state index contributed by atoms with van der Waals surface area (Å²) in [4.78, 5) is 36.3. The summed E-state index contributed by atoms with van der Waals surface area (Å²) in [5, 5.41) is 12.3. The summed E-state index contributed by atoms with van der Waals surface area (Å²) in [6.45, 7) is 1.87. The largest absolute Gasteiger partial charge is 0.352 e. The standard InChI is InChI=1S/C19H30N4O3/c1-2-16(24)10-4-3-5-11-17(19(26)22-15-8-6-7-9-15)23-18(25)14-12-20-21-13-14/h12-13,15,17H,2-11H2,1H3,(H,20,21)(H,22,26)(H,23,25). The fourth-order valence-electron chi connectivity index (χ4n) is 3.28. The molecule has 1 aliphatic rings. The molecule has 1 atom stereocenters. The molecule has 1 aliphatic carbocycles. The second-order valence-electron chi connectivity index (χ2n) is 6.99. The highest BCUT2D eigenvalue weighted by molar-refractivity contribution is 5.97. The molecular formula is C19H30N4O3. The summed E-state index contributed by atoms with van der Waals surface area (Å²) < 4.78 is 0. The van der Waals surface area contributed by atoms with Gasteiger partial charge in [-0.2, -0.15) is 5.10 Å². The van der Waals surface area contributed by atoms with Crippen molar-refractivity contribution in [3.63, 3.8) is 0 Å². The zero-order chi connectivity index (χ0) is 18.8. The number of hydrogen-bond donors (Lipinski definition) is 3. The minimum Gasteiger partial charge on any atom is -0.352 e. The molecule has 1 fully saturated rings. The molecule has 1 saturated carbocycles. The molecule has 0 radical (unpaired) electrons. The van der Waals surface area contributed by atoms with E-state index in [1.165, 1.54) is 12.4 Å². The Kier molecular flexibility index (Phi) is 8.31. The number of ketones is 1. The van der Waals surface area contributed by atoms with Gasteiger partial charge >= 0.3 is 0 Å².